The minimum atomic E-state index is 0.112. The minimum Gasteiger partial charge on any atom is -0.385 e. The first kappa shape index (κ1) is 17.9. The zero-order valence-electron chi connectivity index (χ0n) is 14.1. The third kappa shape index (κ3) is 6.28. The van der Waals surface area contributed by atoms with Crippen LogP contribution in [0.2, 0.25) is 0 Å². The molecule has 2 rings (SSSR count). The van der Waals surface area contributed by atoms with Crippen molar-refractivity contribution in [3.63, 3.8) is 0 Å². The molecule has 3 nitrogen and oxygen atoms in total. The van der Waals surface area contributed by atoms with Crippen LogP contribution in [0, 0.1) is 0 Å². The van der Waals surface area contributed by atoms with Crippen LogP contribution in [0.1, 0.15) is 44.9 Å². The molecule has 0 radical (unpaired) electrons. The fourth-order valence-corrected chi connectivity index (χ4v) is 2.78. The zero-order valence-corrected chi connectivity index (χ0v) is 14.1. The highest BCUT2D eigenvalue weighted by atomic mass is 16.5. The van der Waals surface area contributed by atoms with E-state index in [1.54, 1.807) is 7.11 Å². The molecule has 2 aliphatic carbocycles. The molecule has 0 saturated carbocycles. The third-order valence-electron chi connectivity index (χ3n) is 4.15. The molecule has 126 valence electrons. The van der Waals surface area contributed by atoms with Gasteiger partial charge in [0.05, 0.1) is 6.10 Å². The van der Waals surface area contributed by atoms with Gasteiger partial charge in [-0.15, -0.1) is 0 Å². The molecule has 0 fully saturated rings. The lowest BCUT2D eigenvalue weighted by Crippen LogP contribution is -2.15. The zero-order chi connectivity index (χ0) is 16.3. The molecule has 0 spiro atoms. The summed E-state index contributed by atoms with van der Waals surface area (Å²) in [5.74, 6) is 0.133. The van der Waals surface area contributed by atoms with Gasteiger partial charge in [0.2, 0.25) is 0 Å². The summed E-state index contributed by atoms with van der Waals surface area (Å²) in [6, 6.07) is 0. The average Bonchev–Trinajstić information content (AvgIpc) is 2.61. The largest absolute Gasteiger partial charge is 0.385 e. The first-order chi connectivity index (χ1) is 11.3. The number of ketones is 1. The Bertz CT molecular complexity index is 497. The van der Waals surface area contributed by atoms with Gasteiger partial charge in [-0.2, -0.15) is 0 Å². The highest BCUT2D eigenvalue weighted by molar-refractivity contribution is 6.12. The van der Waals surface area contributed by atoms with E-state index in [-0.39, 0.29) is 11.9 Å². The Labute approximate surface area is 139 Å². The normalized spacial score (nSPS) is 20.3. The monoisotopic (exact) mass is 316 g/mol. The van der Waals surface area contributed by atoms with Crippen LogP contribution in [0.3, 0.4) is 0 Å². The van der Waals surface area contributed by atoms with E-state index in [0.717, 1.165) is 56.5 Å². The van der Waals surface area contributed by atoms with Crippen LogP contribution in [0.25, 0.3) is 0 Å². The van der Waals surface area contributed by atoms with Crippen molar-refractivity contribution in [3.05, 3.63) is 47.6 Å². The Morgan fingerprint density at radius 1 is 1.04 bits per heavy atom. The predicted octanol–water partition coefficient (Wildman–Crippen LogP) is 4.31. The standard InChI is InChI=1S/C20H28O3/c1-22-15-7-2-3-8-16-23-19-13-11-18(12-14-19)20(21)17-9-5-4-6-10-17/h5,9-13,19H,2-4,6-8,14-16H2,1H3. The maximum atomic E-state index is 12.4. The van der Waals surface area contributed by atoms with Gasteiger partial charge in [0.1, 0.15) is 0 Å². The molecule has 0 aromatic carbocycles. The van der Waals surface area contributed by atoms with Crippen LogP contribution in [0.15, 0.2) is 47.6 Å². The first-order valence-corrected chi connectivity index (χ1v) is 8.71. The van der Waals surface area contributed by atoms with Gasteiger partial charge >= 0.3 is 0 Å². The van der Waals surface area contributed by atoms with Crippen molar-refractivity contribution >= 4 is 5.78 Å². The molecule has 0 bridgehead atoms. The summed E-state index contributed by atoms with van der Waals surface area (Å²) in [7, 11) is 1.74. The van der Waals surface area contributed by atoms with E-state index in [2.05, 4.69) is 6.08 Å². The fraction of sp³-hybridized carbons (Fsp3) is 0.550. The molecule has 0 amide bonds. The van der Waals surface area contributed by atoms with Crippen LogP contribution < -0.4 is 0 Å². The molecular formula is C20H28O3. The van der Waals surface area contributed by atoms with E-state index in [1.165, 1.54) is 12.8 Å². The topological polar surface area (TPSA) is 35.5 Å². The lowest BCUT2D eigenvalue weighted by atomic mass is 9.94. The van der Waals surface area contributed by atoms with Gasteiger partial charge in [0.25, 0.3) is 0 Å². The number of methoxy groups -OCH3 is 1. The van der Waals surface area contributed by atoms with Gasteiger partial charge in [-0.1, -0.05) is 49.3 Å². The second-order valence-corrected chi connectivity index (χ2v) is 6.04. The van der Waals surface area contributed by atoms with E-state index in [4.69, 9.17) is 9.47 Å². The summed E-state index contributed by atoms with van der Waals surface area (Å²) in [5.41, 5.74) is 1.62. The predicted molar refractivity (Wildman–Crippen MR) is 93.4 cm³/mol. The molecule has 0 aliphatic heterocycles. The lowest BCUT2D eigenvalue weighted by molar-refractivity contribution is -0.111. The Balaban J connectivity index is 1.64. The third-order valence-corrected chi connectivity index (χ3v) is 4.15. The summed E-state index contributed by atoms with van der Waals surface area (Å²) in [6.45, 7) is 1.63. The average molecular weight is 316 g/mol. The number of unbranched alkanes of at least 4 members (excludes halogenated alkanes) is 3. The van der Waals surface area contributed by atoms with Crippen molar-refractivity contribution < 1.29 is 14.3 Å². The fourth-order valence-electron chi connectivity index (χ4n) is 2.78. The number of hydrogen-bond acceptors (Lipinski definition) is 3. The quantitative estimate of drug-likeness (QED) is 0.563. The molecule has 0 heterocycles. The van der Waals surface area contributed by atoms with Gasteiger partial charge in [-0.3, -0.25) is 4.79 Å². The molecule has 23 heavy (non-hydrogen) atoms. The van der Waals surface area contributed by atoms with Gasteiger partial charge in [0.15, 0.2) is 5.78 Å². The maximum absolute atomic E-state index is 12.4. The van der Waals surface area contributed by atoms with Gasteiger partial charge in [-0.25, -0.2) is 0 Å². The van der Waals surface area contributed by atoms with E-state index < -0.39 is 0 Å². The van der Waals surface area contributed by atoms with Crippen LogP contribution >= 0.6 is 0 Å². The summed E-state index contributed by atoms with van der Waals surface area (Å²) in [4.78, 5) is 12.4. The number of rotatable bonds is 10. The van der Waals surface area contributed by atoms with Gasteiger partial charge in [-0.05, 0) is 32.1 Å². The van der Waals surface area contributed by atoms with E-state index in [1.807, 2.05) is 30.4 Å². The van der Waals surface area contributed by atoms with Crippen LogP contribution in [-0.2, 0) is 14.3 Å². The van der Waals surface area contributed by atoms with E-state index in [0.29, 0.717) is 0 Å². The van der Waals surface area contributed by atoms with Crippen molar-refractivity contribution in [1.82, 2.24) is 0 Å². The molecule has 0 N–H and O–H groups in total. The summed E-state index contributed by atoms with van der Waals surface area (Å²) < 4.78 is 10.9. The van der Waals surface area contributed by atoms with Crippen LogP contribution in [0.4, 0.5) is 0 Å². The number of Topliss-reactive ketones (excluding diaryl/α,β-unsaturated/α-hetero) is 1. The number of carbonyl (C=O) groups is 1. The van der Waals surface area contributed by atoms with Crippen molar-refractivity contribution in [2.45, 2.75) is 51.0 Å². The highest BCUT2D eigenvalue weighted by Gasteiger charge is 2.16. The number of ether oxygens (including phenoxy) is 2. The second kappa shape index (κ2) is 10.3. The molecule has 0 saturated heterocycles. The smallest absolute Gasteiger partial charge is 0.192 e. The molecule has 0 aromatic rings. The minimum absolute atomic E-state index is 0.112. The van der Waals surface area contributed by atoms with Crippen LogP contribution in [0.5, 0.6) is 0 Å². The molecule has 0 aromatic heterocycles. The van der Waals surface area contributed by atoms with Crippen molar-refractivity contribution in [2.75, 3.05) is 20.3 Å². The Kier molecular flexibility index (Phi) is 8.05. The molecule has 1 unspecified atom stereocenters. The summed E-state index contributed by atoms with van der Waals surface area (Å²) >= 11 is 0. The molecular weight excluding hydrogens is 288 g/mol. The Hall–Kier alpha value is -1.45. The maximum Gasteiger partial charge on any atom is 0.192 e. The van der Waals surface area contributed by atoms with E-state index >= 15 is 0 Å². The number of allylic oxidation sites excluding steroid dienone is 6. The second-order valence-electron chi connectivity index (χ2n) is 6.04. The summed E-state index contributed by atoms with van der Waals surface area (Å²) in [6.07, 6.45) is 19.5. The van der Waals surface area contributed by atoms with Crippen molar-refractivity contribution in [2.24, 2.45) is 0 Å². The SMILES string of the molecule is COCCCCCCOC1C=CC(C(=O)C2=CCCC=C2)=CC1. The van der Waals surface area contributed by atoms with E-state index in [9.17, 15) is 4.79 Å². The Morgan fingerprint density at radius 3 is 2.48 bits per heavy atom. The molecule has 2 aliphatic rings. The number of hydrogen-bond donors (Lipinski definition) is 0. The summed E-state index contributed by atoms with van der Waals surface area (Å²) in [5, 5.41) is 0. The first-order valence-electron chi connectivity index (χ1n) is 8.71. The van der Waals surface area contributed by atoms with Crippen molar-refractivity contribution in [3.8, 4) is 0 Å². The lowest BCUT2D eigenvalue weighted by Gasteiger charge is -2.17. The van der Waals surface area contributed by atoms with Crippen molar-refractivity contribution in [1.29, 1.82) is 0 Å². The van der Waals surface area contributed by atoms with Gasteiger partial charge in [0, 0.05) is 31.5 Å². The van der Waals surface area contributed by atoms with Gasteiger partial charge < -0.3 is 9.47 Å². The molecule has 1 atom stereocenters. The highest BCUT2D eigenvalue weighted by Crippen LogP contribution is 2.20. The molecule has 3 heteroatoms. The van der Waals surface area contributed by atoms with Crippen LogP contribution in [-0.4, -0.2) is 32.2 Å². The Morgan fingerprint density at radius 2 is 1.83 bits per heavy atom. The number of carbonyl (C=O) groups excluding carboxylic acids is 1.